The maximum absolute atomic E-state index is 12.1. The first kappa shape index (κ1) is 13.5. The number of carbonyl (C=O) groups excluding carboxylic acids is 1. The molecule has 0 saturated carbocycles. The first-order valence-electron chi connectivity index (χ1n) is 5.43. The normalized spacial score (nSPS) is 17.4. The van der Waals surface area contributed by atoms with Gasteiger partial charge in [-0.25, -0.2) is 9.29 Å². The average molecular weight is 284 g/mol. The third kappa shape index (κ3) is 1.97. The van der Waals surface area contributed by atoms with Crippen LogP contribution in [0.1, 0.15) is 24.2 Å². The third-order valence-electron chi connectivity index (χ3n) is 2.88. The van der Waals surface area contributed by atoms with Crippen molar-refractivity contribution < 1.29 is 23.1 Å². The number of nitrogens with zero attached hydrogens (tertiary/aromatic N) is 2. The molecule has 1 aromatic heterocycles. The molecule has 19 heavy (non-hydrogen) atoms. The Hall–Kier alpha value is -1.96. The van der Waals surface area contributed by atoms with E-state index in [-0.39, 0.29) is 10.6 Å². The lowest BCUT2D eigenvalue weighted by atomic mass is 9.94. The van der Waals surface area contributed by atoms with E-state index in [0.717, 1.165) is 0 Å². The second-order valence-corrected chi connectivity index (χ2v) is 6.64. The summed E-state index contributed by atoms with van der Waals surface area (Å²) in [4.78, 5) is 26.8. The second kappa shape index (κ2) is 4.02. The number of carboxylic acids is 1. The number of hydrogen-bond donors (Lipinski definition) is 1. The molecule has 0 saturated heterocycles. The fourth-order valence-electron chi connectivity index (χ4n) is 1.69. The molecule has 1 aromatic rings. The van der Waals surface area contributed by atoms with Gasteiger partial charge in [-0.05, 0) is 26.0 Å². The van der Waals surface area contributed by atoms with Gasteiger partial charge in [0.15, 0.2) is 5.03 Å². The lowest BCUT2D eigenvalue weighted by Gasteiger charge is -2.24. The van der Waals surface area contributed by atoms with Crippen LogP contribution >= 0.6 is 0 Å². The number of pyridine rings is 1. The molecule has 0 unspecified atom stereocenters. The van der Waals surface area contributed by atoms with Gasteiger partial charge in [0.2, 0.25) is 0 Å². The first-order chi connectivity index (χ1) is 8.68. The minimum Gasteiger partial charge on any atom is -0.481 e. The Balaban J connectivity index is 2.47. The van der Waals surface area contributed by atoms with Crippen LogP contribution in [0, 0.1) is 5.41 Å². The summed E-state index contributed by atoms with van der Waals surface area (Å²) in [6, 6.07) is 2.81. The van der Waals surface area contributed by atoms with Gasteiger partial charge in [-0.3, -0.25) is 9.59 Å². The van der Waals surface area contributed by atoms with E-state index in [1.807, 2.05) is 0 Å². The molecule has 2 heterocycles. The lowest BCUT2D eigenvalue weighted by Crippen LogP contribution is -2.42. The first-order valence-corrected chi connectivity index (χ1v) is 6.87. The summed E-state index contributed by atoms with van der Waals surface area (Å²) in [7, 11) is -4.05. The predicted molar refractivity (Wildman–Crippen MR) is 63.9 cm³/mol. The number of carbonyl (C=O) groups is 2. The molecule has 0 aromatic carbocycles. The quantitative estimate of drug-likeness (QED) is 0.858. The number of hydrogen-bond acceptors (Lipinski definition) is 5. The van der Waals surface area contributed by atoms with Crippen LogP contribution in [0.25, 0.3) is 0 Å². The maximum atomic E-state index is 12.1. The molecule has 7 nitrogen and oxygen atoms in total. The van der Waals surface area contributed by atoms with E-state index >= 15 is 0 Å². The molecule has 102 valence electrons. The van der Waals surface area contributed by atoms with Crippen LogP contribution in [0.3, 0.4) is 0 Å². The van der Waals surface area contributed by atoms with Crippen LogP contribution in [-0.4, -0.2) is 41.2 Å². The molecule has 0 radical (unpaired) electrons. The van der Waals surface area contributed by atoms with Gasteiger partial charge in [-0.15, -0.1) is 0 Å². The van der Waals surface area contributed by atoms with E-state index in [2.05, 4.69) is 4.98 Å². The number of carboxylic acid groups (broad SMARTS) is 1. The number of aromatic nitrogens is 1. The van der Waals surface area contributed by atoms with Crippen LogP contribution in [0.15, 0.2) is 23.4 Å². The van der Waals surface area contributed by atoms with E-state index in [4.69, 9.17) is 5.11 Å². The molecule has 2 rings (SSSR count). The summed E-state index contributed by atoms with van der Waals surface area (Å²) in [5.41, 5.74) is -1.39. The van der Waals surface area contributed by atoms with Crippen LogP contribution in [-0.2, 0) is 14.8 Å². The lowest BCUT2D eigenvalue weighted by molar-refractivity contribution is -0.147. The standard InChI is InChI=1S/C11H12N2O5S/c1-11(2,10(15)16)6-13-9(14)7-4-3-5-12-8(7)19(13,17)18/h3-5H,6H2,1-2H3,(H,15,16). The molecule has 1 aliphatic heterocycles. The van der Waals surface area contributed by atoms with Crippen molar-refractivity contribution in [3.05, 3.63) is 23.9 Å². The summed E-state index contributed by atoms with van der Waals surface area (Å²) in [6.07, 6.45) is 1.27. The summed E-state index contributed by atoms with van der Waals surface area (Å²) < 4.78 is 24.9. The molecular weight excluding hydrogens is 272 g/mol. The van der Waals surface area contributed by atoms with Gasteiger partial charge < -0.3 is 5.11 Å². The molecule has 0 atom stereocenters. The van der Waals surface area contributed by atoms with Crippen molar-refractivity contribution in [2.24, 2.45) is 5.41 Å². The Morgan fingerprint density at radius 1 is 1.47 bits per heavy atom. The van der Waals surface area contributed by atoms with Crippen LogP contribution in [0.2, 0.25) is 0 Å². The summed E-state index contributed by atoms with van der Waals surface area (Å²) in [5.74, 6) is -1.92. The fraction of sp³-hybridized carbons (Fsp3) is 0.364. The van der Waals surface area contributed by atoms with Crippen molar-refractivity contribution in [1.82, 2.24) is 9.29 Å². The van der Waals surface area contributed by atoms with E-state index in [1.54, 1.807) is 0 Å². The minimum atomic E-state index is -4.05. The van der Waals surface area contributed by atoms with Crippen LogP contribution in [0.4, 0.5) is 0 Å². The molecule has 1 amide bonds. The van der Waals surface area contributed by atoms with Crippen molar-refractivity contribution >= 4 is 21.9 Å². The Bertz CT molecular complexity index is 665. The van der Waals surface area contributed by atoms with Gasteiger partial charge in [0, 0.05) is 6.20 Å². The highest BCUT2D eigenvalue weighted by atomic mass is 32.2. The Morgan fingerprint density at radius 2 is 2.11 bits per heavy atom. The van der Waals surface area contributed by atoms with Gasteiger partial charge in [-0.1, -0.05) is 0 Å². The van der Waals surface area contributed by atoms with Gasteiger partial charge >= 0.3 is 5.97 Å². The summed E-state index contributed by atoms with van der Waals surface area (Å²) in [6.45, 7) is 2.28. The Kier molecular flexibility index (Phi) is 2.85. The molecule has 1 N–H and O–H groups in total. The predicted octanol–water partition coefficient (Wildman–Crippen LogP) is 0.337. The van der Waals surface area contributed by atoms with Gasteiger partial charge in [0.1, 0.15) is 0 Å². The number of aliphatic carboxylic acids is 1. The SMILES string of the molecule is CC(C)(CN1C(=O)c2cccnc2S1(=O)=O)C(=O)O. The van der Waals surface area contributed by atoms with E-state index < -0.39 is 33.9 Å². The van der Waals surface area contributed by atoms with Gasteiger partial charge in [-0.2, -0.15) is 8.42 Å². The molecular formula is C11H12N2O5S. The molecule has 1 aliphatic rings. The molecule has 0 fully saturated rings. The van der Waals surface area contributed by atoms with Crippen molar-refractivity contribution in [2.45, 2.75) is 18.9 Å². The largest absolute Gasteiger partial charge is 0.481 e. The molecule has 0 aliphatic carbocycles. The number of sulfonamides is 1. The zero-order valence-electron chi connectivity index (χ0n) is 10.3. The highest BCUT2D eigenvalue weighted by Gasteiger charge is 2.46. The topological polar surface area (TPSA) is 105 Å². The maximum Gasteiger partial charge on any atom is 0.310 e. The van der Waals surface area contributed by atoms with Crippen molar-refractivity contribution in [3.8, 4) is 0 Å². The smallest absolute Gasteiger partial charge is 0.310 e. The zero-order valence-corrected chi connectivity index (χ0v) is 11.1. The van der Waals surface area contributed by atoms with E-state index in [0.29, 0.717) is 4.31 Å². The number of amides is 1. The highest BCUT2D eigenvalue weighted by molar-refractivity contribution is 7.90. The van der Waals surface area contributed by atoms with Crippen molar-refractivity contribution in [2.75, 3.05) is 6.54 Å². The van der Waals surface area contributed by atoms with Crippen molar-refractivity contribution in [1.29, 1.82) is 0 Å². The van der Waals surface area contributed by atoms with Crippen LogP contribution in [0.5, 0.6) is 0 Å². The Labute approximate surface area is 109 Å². The van der Waals surface area contributed by atoms with Gasteiger partial charge in [0.05, 0.1) is 17.5 Å². The van der Waals surface area contributed by atoms with Crippen molar-refractivity contribution in [3.63, 3.8) is 0 Å². The molecule has 8 heteroatoms. The monoisotopic (exact) mass is 284 g/mol. The summed E-state index contributed by atoms with van der Waals surface area (Å²) in [5, 5.41) is 8.71. The Morgan fingerprint density at radius 3 is 2.63 bits per heavy atom. The van der Waals surface area contributed by atoms with Gasteiger partial charge in [0.25, 0.3) is 15.9 Å². The van der Waals surface area contributed by atoms with E-state index in [1.165, 1.54) is 32.2 Å². The molecule has 0 bridgehead atoms. The second-order valence-electron chi connectivity index (χ2n) is 4.86. The average Bonchev–Trinajstić information content (AvgIpc) is 2.51. The minimum absolute atomic E-state index is 0.0244. The summed E-state index contributed by atoms with van der Waals surface area (Å²) >= 11 is 0. The number of rotatable bonds is 3. The number of fused-ring (bicyclic) bond motifs is 1. The molecule has 0 spiro atoms. The van der Waals surface area contributed by atoms with Crippen LogP contribution < -0.4 is 0 Å². The zero-order chi connectivity index (χ0) is 14.4. The fourth-order valence-corrected chi connectivity index (χ4v) is 3.34. The third-order valence-corrected chi connectivity index (χ3v) is 4.57. The highest BCUT2D eigenvalue weighted by Crippen LogP contribution is 2.31. The van der Waals surface area contributed by atoms with E-state index in [9.17, 15) is 18.0 Å².